The van der Waals surface area contributed by atoms with Gasteiger partial charge in [0.2, 0.25) is 0 Å². The van der Waals surface area contributed by atoms with Gasteiger partial charge >= 0.3 is 0 Å². The molecule has 72 valence electrons. The summed E-state index contributed by atoms with van der Waals surface area (Å²) in [6.45, 7) is 0. The predicted octanol–water partition coefficient (Wildman–Crippen LogP) is 1.81. The zero-order valence-electron chi connectivity index (χ0n) is 6.27. The molecule has 0 radical (unpaired) electrons. The Balaban J connectivity index is 0.00000144. The molecule has 0 aliphatic carbocycles. The molecule has 0 saturated carbocycles. The van der Waals surface area contributed by atoms with Gasteiger partial charge in [-0.3, -0.25) is 5.41 Å². The summed E-state index contributed by atoms with van der Waals surface area (Å²) in [5.41, 5.74) is 4.30. The smallest absolute Gasteiger partial charge is 0.169 e. The number of rotatable bonds is 1. The molecule has 0 spiro atoms. The van der Waals surface area contributed by atoms with E-state index >= 15 is 0 Å². The topological polar surface area (TPSA) is 49.9 Å². The lowest BCUT2D eigenvalue weighted by atomic mass is 10.2. The third kappa shape index (κ3) is 2.35. The zero-order valence-corrected chi connectivity index (χ0v) is 7.09. The molecule has 0 aliphatic rings. The van der Waals surface area contributed by atoms with Crippen LogP contribution in [0, 0.1) is 22.9 Å². The van der Waals surface area contributed by atoms with Crippen LogP contribution in [0.4, 0.5) is 13.2 Å². The highest BCUT2D eigenvalue weighted by Crippen LogP contribution is 2.13. The van der Waals surface area contributed by atoms with Gasteiger partial charge in [-0.1, -0.05) is 0 Å². The van der Waals surface area contributed by atoms with Gasteiger partial charge in [0.1, 0.15) is 11.7 Å². The third-order valence-electron chi connectivity index (χ3n) is 1.28. The minimum Gasteiger partial charge on any atom is -0.384 e. The van der Waals surface area contributed by atoms with Gasteiger partial charge in [0.25, 0.3) is 0 Å². The zero-order chi connectivity index (χ0) is 9.30. The SMILES string of the molecule is Cl.N=C(N)c1cc(F)cc(F)c1F. The van der Waals surface area contributed by atoms with Crippen molar-refractivity contribution in [1.82, 2.24) is 0 Å². The molecule has 0 bridgehead atoms. The number of amidine groups is 1. The summed E-state index contributed by atoms with van der Waals surface area (Å²) in [6, 6.07) is 1.06. The van der Waals surface area contributed by atoms with Crippen molar-refractivity contribution in [3.8, 4) is 0 Å². The Morgan fingerprint density at radius 2 is 1.77 bits per heavy atom. The first-order valence-electron chi connectivity index (χ1n) is 3.01. The van der Waals surface area contributed by atoms with Crippen molar-refractivity contribution >= 4 is 18.2 Å². The van der Waals surface area contributed by atoms with E-state index in [4.69, 9.17) is 11.1 Å². The van der Waals surface area contributed by atoms with Crippen LogP contribution in [-0.4, -0.2) is 5.84 Å². The maximum Gasteiger partial charge on any atom is 0.169 e. The molecule has 0 aromatic heterocycles. The van der Waals surface area contributed by atoms with E-state index < -0.39 is 28.9 Å². The van der Waals surface area contributed by atoms with Gasteiger partial charge in [0.05, 0.1) is 5.56 Å². The number of benzene rings is 1. The molecule has 0 unspecified atom stereocenters. The molecular formula is C7H6ClF3N2. The Morgan fingerprint density at radius 3 is 2.23 bits per heavy atom. The first-order valence-corrected chi connectivity index (χ1v) is 3.01. The fourth-order valence-electron chi connectivity index (χ4n) is 0.752. The number of hydrogen-bond acceptors (Lipinski definition) is 1. The van der Waals surface area contributed by atoms with Crippen molar-refractivity contribution in [2.24, 2.45) is 5.73 Å². The molecule has 0 aliphatic heterocycles. The predicted molar refractivity (Wildman–Crippen MR) is 44.6 cm³/mol. The van der Waals surface area contributed by atoms with Crippen molar-refractivity contribution in [2.75, 3.05) is 0 Å². The molecule has 13 heavy (non-hydrogen) atoms. The quantitative estimate of drug-likeness (QED) is 0.415. The van der Waals surface area contributed by atoms with Gasteiger partial charge in [-0.2, -0.15) is 0 Å². The van der Waals surface area contributed by atoms with Crippen LogP contribution >= 0.6 is 12.4 Å². The largest absolute Gasteiger partial charge is 0.384 e. The van der Waals surface area contributed by atoms with E-state index in [0.717, 1.165) is 0 Å². The molecule has 1 aromatic carbocycles. The highest BCUT2D eigenvalue weighted by Gasteiger charge is 2.12. The van der Waals surface area contributed by atoms with Crippen LogP contribution in [-0.2, 0) is 0 Å². The summed E-state index contributed by atoms with van der Waals surface area (Å²) in [4.78, 5) is 0. The molecule has 1 rings (SSSR count). The highest BCUT2D eigenvalue weighted by molar-refractivity contribution is 5.95. The fraction of sp³-hybridized carbons (Fsp3) is 0. The van der Waals surface area contributed by atoms with Crippen LogP contribution in [0.3, 0.4) is 0 Å². The Labute approximate surface area is 78.5 Å². The molecule has 0 fully saturated rings. The lowest BCUT2D eigenvalue weighted by Gasteiger charge is -2.00. The number of halogens is 4. The number of nitrogens with two attached hydrogens (primary N) is 1. The van der Waals surface area contributed by atoms with E-state index in [0.29, 0.717) is 12.1 Å². The Morgan fingerprint density at radius 1 is 1.23 bits per heavy atom. The molecule has 0 amide bonds. The maximum absolute atomic E-state index is 12.7. The monoisotopic (exact) mass is 210 g/mol. The normalized spacial score (nSPS) is 9.15. The van der Waals surface area contributed by atoms with Crippen LogP contribution in [0.1, 0.15) is 5.56 Å². The number of hydrogen-bond donors (Lipinski definition) is 2. The highest BCUT2D eigenvalue weighted by atomic mass is 35.5. The minimum atomic E-state index is -1.35. The van der Waals surface area contributed by atoms with Crippen LogP contribution in [0.2, 0.25) is 0 Å². The minimum absolute atomic E-state index is 0. The number of nitrogen functional groups attached to an aromatic ring is 1. The summed E-state index contributed by atoms with van der Waals surface area (Å²) < 4.78 is 37.5. The van der Waals surface area contributed by atoms with E-state index in [2.05, 4.69) is 0 Å². The fourth-order valence-corrected chi connectivity index (χ4v) is 0.752. The Hall–Kier alpha value is -1.23. The third-order valence-corrected chi connectivity index (χ3v) is 1.28. The standard InChI is InChI=1S/C7H5F3N2.ClH/c8-3-1-4(7(11)12)6(10)5(9)2-3;/h1-2H,(H3,11,12);1H. The van der Waals surface area contributed by atoms with Gasteiger partial charge in [0.15, 0.2) is 11.6 Å². The average Bonchev–Trinajstić information content (AvgIpc) is 1.96. The van der Waals surface area contributed by atoms with Gasteiger partial charge in [-0.25, -0.2) is 13.2 Å². The van der Waals surface area contributed by atoms with Crippen LogP contribution in [0.15, 0.2) is 12.1 Å². The van der Waals surface area contributed by atoms with Gasteiger partial charge in [-0.05, 0) is 6.07 Å². The second kappa shape index (κ2) is 4.13. The molecule has 1 aromatic rings. The summed E-state index contributed by atoms with van der Waals surface area (Å²) in [5, 5.41) is 6.77. The summed E-state index contributed by atoms with van der Waals surface area (Å²) in [7, 11) is 0. The van der Waals surface area contributed by atoms with Crippen molar-refractivity contribution < 1.29 is 13.2 Å². The van der Waals surface area contributed by atoms with Gasteiger partial charge in [0, 0.05) is 6.07 Å². The van der Waals surface area contributed by atoms with Gasteiger partial charge in [-0.15, -0.1) is 12.4 Å². The van der Waals surface area contributed by atoms with E-state index in [9.17, 15) is 13.2 Å². The molecule has 0 saturated heterocycles. The first kappa shape index (κ1) is 11.8. The number of nitrogens with one attached hydrogen (secondary N) is 1. The summed E-state index contributed by atoms with van der Waals surface area (Å²) in [6.07, 6.45) is 0. The van der Waals surface area contributed by atoms with E-state index in [1.807, 2.05) is 0 Å². The summed E-state index contributed by atoms with van der Waals surface area (Å²) >= 11 is 0. The van der Waals surface area contributed by atoms with Crippen LogP contribution in [0.25, 0.3) is 0 Å². The van der Waals surface area contributed by atoms with Crippen LogP contribution in [0.5, 0.6) is 0 Å². The van der Waals surface area contributed by atoms with E-state index in [1.54, 1.807) is 0 Å². The molecule has 0 atom stereocenters. The second-order valence-corrected chi connectivity index (χ2v) is 2.16. The van der Waals surface area contributed by atoms with Crippen molar-refractivity contribution in [2.45, 2.75) is 0 Å². The van der Waals surface area contributed by atoms with Crippen molar-refractivity contribution in [1.29, 1.82) is 5.41 Å². The lowest BCUT2D eigenvalue weighted by Crippen LogP contribution is -2.14. The summed E-state index contributed by atoms with van der Waals surface area (Å²) in [5.74, 6) is -4.31. The Kier molecular flexibility index (Phi) is 3.74. The Bertz CT molecular complexity index is 341. The van der Waals surface area contributed by atoms with E-state index in [1.165, 1.54) is 0 Å². The molecule has 2 nitrogen and oxygen atoms in total. The van der Waals surface area contributed by atoms with E-state index in [-0.39, 0.29) is 12.4 Å². The molecule has 6 heteroatoms. The molecule has 0 heterocycles. The van der Waals surface area contributed by atoms with Crippen molar-refractivity contribution in [3.05, 3.63) is 35.1 Å². The van der Waals surface area contributed by atoms with Crippen LogP contribution < -0.4 is 5.73 Å². The lowest BCUT2D eigenvalue weighted by molar-refractivity contribution is 0.493. The maximum atomic E-state index is 12.7. The average molecular weight is 211 g/mol. The molecular weight excluding hydrogens is 205 g/mol. The first-order chi connectivity index (χ1) is 5.52. The van der Waals surface area contributed by atoms with Crippen molar-refractivity contribution in [3.63, 3.8) is 0 Å². The second-order valence-electron chi connectivity index (χ2n) is 2.16. The van der Waals surface area contributed by atoms with Gasteiger partial charge < -0.3 is 5.73 Å². The molecule has 3 N–H and O–H groups in total.